The zero-order valence-electron chi connectivity index (χ0n) is 14.0. The summed E-state index contributed by atoms with van der Waals surface area (Å²) in [6.45, 7) is 6.89. The van der Waals surface area contributed by atoms with Crippen LogP contribution in [0, 0.1) is 6.92 Å². The zero-order chi connectivity index (χ0) is 17.7. The molecule has 2 fully saturated rings. The van der Waals surface area contributed by atoms with E-state index in [9.17, 15) is 13.5 Å². The van der Waals surface area contributed by atoms with Gasteiger partial charge >= 0.3 is 0 Å². The first-order valence-electron chi connectivity index (χ1n) is 7.78. The molecule has 1 N–H and O–H groups in total. The second kappa shape index (κ2) is 6.05. The van der Waals surface area contributed by atoms with Gasteiger partial charge in [-0.2, -0.15) is 8.42 Å². The van der Waals surface area contributed by atoms with Gasteiger partial charge in [-0.05, 0) is 39.8 Å². The molecule has 134 valence electrons. The highest BCUT2D eigenvalue weighted by atomic mass is 32.2. The summed E-state index contributed by atoms with van der Waals surface area (Å²) in [4.78, 5) is 0.0685. The number of aliphatic hydroxyl groups excluding tert-OH is 1. The molecule has 0 saturated carbocycles. The molecule has 8 heteroatoms. The second-order valence-corrected chi connectivity index (χ2v) is 8.20. The smallest absolute Gasteiger partial charge is 0.297 e. The topological polar surface area (TPSA) is 91.3 Å². The van der Waals surface area contributed by atoms with Gasteiger partial charge in [-0.3, -0.25) is 4.18 Å². The van der Waals surface area contributed by atoms with E-state index in [1.165, 1.54) is 12.1 Å². The molecule has 0 unspecified atom stereocenters. The average Bonchev–Trinajstić information content (AvgIpc) is 2.93. The number of aryl methyl sites for hydroxylation is 1. The Hall–Kier alpha value is -1.03. The molecule has 2 aliphatic heterocycles. The Morgan fingerprint density at radius 3 is 2.38 bits per heavy atom. The lowest BCUT2D eigenvalue weighted by Gasteiger charge is -2.25. The molecule has 1 aromatic rings. The Kier molecular flexibility index (Phi) is 4.48. The minimum Gasteiger partial charge on any atom is -0.366 e. The van der Waals surface area contributed by atoms with Crippen LogP contribution in [0.1, 0.15) is 26.3 Å². The van der Waals surface area contributed by atoms with Crippen molar-refractivity contribution in [1.29, 1.82) is 0 Å². The highest BCUT2D eigenvalue weighted by Gasteiger charge is 2.56. The van der Waals surface area contributed by atoms with Gasteiger partial charge in [-0.1, -0.05) is 17.7 Å². The molecule has 5 atom stereocenters. The quantitative estimate of drug-likeness (QED) is 0.812. The van der Waals surface area contributed by atoms with Crippen molar-refractivity contribution in [2.24, 2.45) is 0 Å². The van der Waals surface area contributed by atoms with E-state index in [1.54, 1.807) is 32.9 Å². The fourth-order valence-corrected chi connectivity index (χ4v) is 4.09. The van der Waals surface area contributed by atoms with Crippen LogP contribution in [-0.2, 0) is 28.5 Å². The predicted molar refractivity (Wildman–Crippen MR) is 83.6 cm³/mol. The summed E-state index contributed by atoms with van der Waals surface area (Å²) in [5.41, 5.74) is 0.950. The highest BCUT2D eigenvalue weighted by molar-refractivity contribution is 7.86. The van der Waals surface area contributed by atoms with E-state index in [-0.39, 0.29) is 4.90 Å². The number of fused-ring (bicyclic) bond motifs is 1. The third-order valence-electron chi connectivity index (χ3n) is 4.12. The SMILES string of the molecule is Cc1ccc(S(=O)(=O)O[C@@H](C)[C@@H]2O[C@H](O)[C@@H]3OC(C)(C)O[C@H]23)cc1. The summed E-state index contributed by atoms with van der Waals surface area (Å²) in [5, 5.41) is 9.96. The molecule has 1 aromatic carbocycles. The Morgan fingerprint density at radius 1 is 1.17 bits per heavy atom. The molecule has 0 aromatic heterocycles. The van der Waals surface area contributed by atoms with Crippen LogP contribution in [0.4, 0.5) is 0 Å². The Balaban J connectivity index is 1.75. The maximum atomic E-state index is 12.4. The van der Waals surface area contributed by atoms with Crippen molar-refractivity contribution in [2.45, 2.75) is 69.1 Å². The van der Waals surface area contributed by atoms with E-state index >= 15 is 0 Å². The minimum absolute atomic E-state index is 0.0685. The number of hydrogen-bond donors (Lipinski definition) is 1. The number of aliphatic hydroxyl groups is 1. The van der Waals surface area contributed by atoms with Crippen LogP contribution in [0.15, 0.2) is 29.2 Å². The normalized spacial score (nSPS) is 33.4. The number of ether oxygens (including phenoxy) is 3. The molecule has 3 rings (SSSR count). The van der Waals surface area contributed by atoms with E-state index in [0.29, 0.717) is 0 Å². The van der Waals surface area contributed by atoms with Crippen molar-refractivity contribution < 1.29 is 31.9 Å². The standard InChI is InChI=1S/C16H22O7S/c1-9-5-7-11(8-6-9)24(18,19)23-10(2)12-13-14(15(17)20-12)22-16(3,4)21-13/h5-8,10,12-15,17H,1-4H3/t10-,12-,13+,14+,15-/m0/s1. The van der Waals surface area contributed by atoms with E-state index in [4.69, 9.17) is 18.4 Å². The van der Waals surface area contributed by atoms with Crippen LogP contribution in [0.3, 0.4) is 0 Å². The molecule has 7 nitrogen and oxygen atoms in total. The number of hydrogen-bond acceptors (Lipinski definition) is 7. The van der Waals surface area contributed by atoms with Crippen molar-refractivity contribution in [3.05, 3.63) is 29.8 Å². The molecule has 2 heterocycles. The van der Waals surface area contributed by atoms with Gasteiger partial charge in [-0.15, -0.1) is 0 Å². The van der Waals surface area contributed by atoms with Gasteiger partial charge in [0.05, 0.1) is 4.90 Å². The van der Waals surface area contributed by atoms with Gasteiger partial charge in [0.1, 0.15) is 24.4 Å². The van der Waals surface area contributed by atoms with Crippen LogP contribution in [0.2, 0.25) is 0 Å². The fourth-order valence-electron chi connectivity index (χ4n) is 3.00. The second-order valence-electron chi connectivity index (χ2n) is 6.62. The maximum absolute atomic E-state index is 12.4. The monoisotopic (exact) mass is 358 g/mol. The third-order valence-corrected chi connectivity index (χ3v) is 5.52. The first kappa shape index (κ1) is 17.8. The number of rotatable bonds is 4. The summed E-state index contributed by atoms with van der Waals surface area (Å²) >= 11 is 0. The lowest BCUT2D eigenvalue weighted by molar-refractivity contribution is -0.227. The lowest BCUT2D eigenvalue weighted by atomic mass is 10.1. The molecule has 0 aliphatic carbocycles. The Bertz CT molecular complexity index is 698. The Morgan fingerprint density at radius 2 is 1.75 bits per heavy atom. The van der Waals surface area contributed by atoms with E-state index in [2.05, 4.69) is 0 Å². The minimum atomic E-state index is -3.95. The largest absolute Gasteiger partial charge is 0.366 e. The third kappa shape index (κ3) is 3.35. The van der Waals surface area contributed by atoms with Crippen LogP contribution in [0.25, 0.3) is 0 Å². The fraction of sp³-hybridized carbons (Fsp3) is 0.625. The van der Waals surface area contributed by atoms with Crippen LogP contribution < -0.4 is 0 Å². The first-order chi connectivity index (χ1) is 11.1. The zero-order valence-corrected chi connectivity index (χ0v) is 14.8. The summed E-state index contributed by atoms with van der Waals surface area (Å²) in [5.74, 6) is -0.867. The molecule has 0 bridgehead atoms. The summed E-state index contributed by atoms with van der Waals surface area (Å²) in [6.07, 6.45) is -4.06. The van der Waals surface area contributed by atoms with Crippen molar-refractivity contribution >= 4 is 10.1 Å². The molecule has 2 aliphatic rings. The van der Waals surface area contributed by atoms with Gasteiger partial charge in [-0.25, -0.2) is 0 Å². The van der Waals surface area contributed by atoms with E-state index < -0.39 is 46.6 Å². The van der Waals surface area contributed by atoms with Crippen molar-refractivity contribution in [1.82, 2.24) is 0 Å². The molecule has 0 spiro atoms. The van der Waals surface area contributed by atoms with Crippen LogP contribution in [-0.4, -0.2) is 50.0 Å². The van der Waals surface area contributed by atoms with Gasteiger partial charge in [0.25, 0.3) is 10.1 Å². The molecule has 2 saturated heterocycles. The Labute approximate surface area is 141 Å². The summed E-state index contributed by atoms with van der Waals surface area (Å²) in [7, 11) is -3.95. The predicted octanol–water partition coefficient (Wildman–Crippen LogP) is 1.33. The van der Waals surface area contributed by atoms with Crippen LogP contribution >= 0.6 is 0 Å². The van der Waals surface area contributed by atoms with Gasteiger partial charge < -0.3 is 19.3 Å². The van der Waals surface area contributed by atoms with Gasteiger partial charge in [0, 0.05) is 0 Å². The molecule has 0 amide bonds. The van der Waals surface area contributed by atoms with E-state index in [0.717, 1.165) is 5.56 Å². The summed E-state index contributed by atoms with van der Waals surface area (Å²) in [6, 6.07) is 6.37. The molecular formula is C16H22O7S. The first-order valence-corrected chi connectivity index (χ1v) is 9.19. The summed E-state index contributed by atoms with van der Waals surface area (Å²) < 4.78 is 46.8. The van der Waals surface area contributed by atoms with Crippen LogP contribution in [0.5, 0.6) is 0 Å². The van der Waals surface area contributed by atoms with Crippen molar-refractivity contribution in [3.63, 3.8) is 0 Å². The average molecular weight is 358 g/mol. The lowest BCUT2D eigenvalue weighted by Crippen LogP contribution is -2.39. The highest BCUT2D eigenvalue weighted by Crippen LogP contribution is 2.39. The van der Waals surface area contributed by atoms with Gasteiger partial charge in [0.15, 0.2) is 12.1 Å². The number of benzene rings is 1. The maximum Gasteiger partial charge on any atom is 0.297 e. The molecule has 24 heavy (non-hydrogen) atoms. The van der Waals surface area contributed by atoms with Crippen molar-refractivity contribution in [2.75, 3.05) is 0 Å². The molecule has 0 radical (unpaired) electrons. The van der Waals surface area contributed by atoms with Crippen molar-refractivity contribution in [3.8, 4) is 0 Å². The van der Waals surface area contributed by atoms with E-state index in [1.807, 2.05) is 6.92 Å². The molecular weight excluding hydrogens is 336 g/mol. The van der Waals surface area contributed by atoms with Gasteiger partial charge in [0.2, 0.25) is 0 Å².